The van der Waals surface area contributed by atoms with E-state index in [1.165, 1.54) is 12.1 Å². The second kappa shape index (κ2) is 7.82. The van der Waals surface area contributed by atoms with Gasteiger partial charge in [0, 0.05) is 11.1 Å². The molecule has 0 aliphatic carbocycles. The molecule has 0 spiro atoms. The molecule has 0 radical (unpaired) electrons. The highest BCUT2D eigenvalue weighted by Crippen LogP contribution is 2.26. The minimum atomic E-state index is -0.360. The van der Waals surface area contributed by atoms with E-state index in [0.29, 0.717) is 17.0 Å². The molecule has 0 N–H and O–H groups in total. The minimum Gasteiger partial charge on any atom is -0.497 e. The van der Waals surface area contributed by atoms with E-state index >= 15 is 0 Å². The van der Waals surface area contributed by atoms with Gasteiger partial charge in [-0.25, -0.2) is 4.39 Å². The number of rotatable bonds is 6. The van der Waals surface area contributed by atoms with Crippen LogP contribution in [0.3, 0.4) is 0 Å². The summed E-state index contributed by atoms with van der Waals surface area (Å²) in [7, 11) is 1.59. The number of carbonyl (C=O) groups is 1. The van der Waals surface area contributed by atoms with Crippen LogP contribution in [-0.2, 0) is 22.6 Å². The fraction of sp³-hybridized carbons (Fsp3) is 0.200. The van der Waals surface area contributed by atoms with Gasteiger partial charge in [0.1, 0.15) is 23.9 Å². The van der Waals surface area contributed by atoms with Crippen LogP contribution in [0.15, 0.2) is 53.1 Å². The first kappa shape index (κ1) is 17.7. The topological polar surface area (TPSA) is 61.6 Å². The Hall–Kier alpha value is -3.15. The van der Waals surface area contributed by atoms with Crippen molar-refractivity contribution in [3.8, 4) is 17.1 Å². The molecule has 0 saturated carbocycles. The molecule has 26 heavy (non-hydrogen) atoms. The van der Waals surface area contributed by atoms with Crippen LogP contribution < -0.4 is 4.74 Å². The minimum absolute atomic E-state index is 0.0194. The van der Waals surface area contributed by atoms with Gasteiger partial charge in [0.15, 0.2) is 5.76 Å². The Bertz CT molecular complexity index is 885. The van der Waals surface area contributed by atoms with Gasteiger partial charge >= 0.3 is 5.97 Å². The number of carbonyl (C=O) groups excluding carboxylic acids is 1. The fourth-order valence-corrected chi connectivity index (χ4v) is 2.48. The Kier molecular flexibility index (Phi) is 5.31. The Morgan fingerprint density at radius 1 is 1.12 bits per heavy atom. The van der Waals surface area contributed by atoms with Crippen LogP contribution in [0.1, 0.15) is 16.8 Å². The van der Waals surface area contributed by atoms with Gasteiger partial charge in [0.05, 0.1) is 13.5 Å². The van der Waals surface area contributed by atoms with Crippen LogP contribution in [0.5, 0.6) is 5.75 Å². The molecule has 0 amide bonds. The second-order valence-electron chi connectivity index (χ2n) is 5.78. The lowest BCUT2D eigenvalue weighted by Crippen LogP contribution is -2.08. The maximum absolute atomic E-state index is 13.0. The van der Waals surface area contributed by atoms with Crippen molar-refractivity contribution < 1.29 is 23.2 Å². The summed E-state index contributed by atoms with van der Waals surface area (Å²) in [5, 5.41) is 3.95. The average molecular weight is 355 g/mol. The molecule has 5 nitrogen and oxygen atoms in total. The molecule has 0 aliphatic rings. The maximum atomic E-state index is 13.0. The van der Waals surface area contributed by atoms with Gasteiger partial charge < -0.3 is 14.0 Å². The standard InChI is InChI=1S/C20H18FNO4/c1-13-18(22-26-20(13)15-5-7-16(21)8-6-15)12-25-19(23)11-14-3-9-17(24-2)10-4-14/h3-10H,11-12H2,1-2H3. The lowest BCUT2D eigenvalue weighted by Gasteiger charge is -2.05. The zero-order chi connectivity index (χ0) is 18.5. The monoisotopic (exact) mass is 355 g/mol. The largest absolute Gasteiger partial charge is 0.497 e. The second-order valence-corrected chi connectivity index (χ2v) is 5.78. The third-order valence-electron chi connectivity index (χ3n) is 4.00. The molecular formula is C20H18FNO4. The van der Waals surface area contributed by atoms with E-state index < -0.39 is 0 Å². The van der Waals surface area contributed by atoms with E-state index in [1.807, 2.05) is 19.1 Å². The third-order valence-corrected chi connectivity index (χ3v) is 4.00. The number of esters is 1. The molecule has 3 rings (SSSR count). The Morgan fingerprint density at radius 2 is 1.81 bits per heavy atom. The lowest BCUT2D eigenvalue weighted by molar-refractivity contribution is -0.144. The normalized spacial score (nSPS) is 10.6. The molecule has 2 aromatic carbocycles. The highest BCUT2D eigenvalue weighted by Gasteiger charge is 2.15. The summed E-state index contributed by atoms with van der Waals surface area (Å²) in [5.41, 5.74) is 2.84. The van der Waals surface area contributed by atoms with Crippen LogP contribution in [0.2, 0.25) is 0 Å². The SMILES string of the molecule is COc1ccc(CC(=O)OCc2noc(-c3ccc(F)cc3)c2C)cc1. The Labute approximate surface area is 150 Å². The van der Waals surface area contributed by atoms with Gasteiger partial charge in [0.2, 0.25) is 0 Å². The van der Waals surface area contributed by atoms with E-state index in [-0.39, 0.29) is 24.8 Å². The van der Waals surface area contributed by atoms with Gasteiger partial charge in [-0.05, 0) is 48.9 Å². The van der Waals surface area contributed by atoms with E-state index in [0.717, 1.165) is 16.9 Å². The summed E-state index contributed by atoms with van der Waals surface area (Å²) in [4.78, 5) is 12.0. The van der Waals surface area contributed by atoms with E-state index in [2.05, 4.69) is 5.16 Å². The predicted molar refractivity (Wildman–Crippen MR) is 93.1 cm³/mol. The van der Waals surface area contributed by atoms with Crippen molar-refractivity contribution in [3.63, 3.8) is 0 Å². The number of halogens is 1. The number of hydrogen-bond acceptors (Lipinski definition) is 5. The first-order valence-corrected chi connectivity index (χ1v) is 8.06. The van der Waals surface area contributed by atoms with Crippen molar-refractivity contribution in [3.05, 3.63) is 71.2 Å². The molecule has 3 aromatic rings. The number of hydrogen-bond donors (Lipinski definition) is 0. The van der Waals surface area contributed by atoms with Gasteiger partial charge in [-0.3, -0.25) is 4.79 Å². The summed E-state index contributed by atoms with van der Waals surface area (Å²) in [6, 6.07) is 13.1. The molecule has 0 saturated heterocycles. The number of benzene rings is 2. The number of ether oxygens (including phenoxy) is 2. The number of aromatic nitrogens is 1. The van der Waals surface area contributed by atoms with Crippen LogP contribution in [-0.4, -0.2) is 18.2 Å². The van der Waals surface area contributed by atoms with E-state index in [4.69, 9.17) is 14.0 Å². The smallest absolute Gasteiger partial charge is 0.310 e. The van der Waals surface area contributed by atoms with Gasteiger partial charge in [-0.2, -0.15) is 0 Å². The molecule has 1 aromatic heterocycles. The predicted octanol–water partition coefficient (Wildman–Crippen LogP) is 4.08. The third kappa shape index (κ3) is 4.08. The molecule has 0 fully saturated rings. The van der Waals surface area contributed by atoms with E-state index in [9.17, 15) is 9.18 Å². The van der Waals surface area contributed by atoms with Crippen molar-refractivity contribution in [2.24, 2.45) is 0 Å². The van der Waals surface area contributed by atoms with Gasteiger partial charge in [-0.15, -0.1) is 0 Å². The number of methoxy groups -OCH3 is 1. The quantitative estimate of drug-likeness (QED) is 0.624. The highest BCUT2D eigenvalue weighted by atomic mass is 19.1. The molecule has 134 valence electrons. The molecule has 0 aliphatic heterocycles. The van der Waals surface area contributed by atoms with Crippen LogP contribution in [0, 0.1) is 12.7 Å². The zero-order valence-electron chi connectivity index (χ0n) is 14.5. The summed E-state index contributed by atoms with van der Waals surface area (Å²) < 4.78 is 28.7. The fourth-order valence-electron chi connectivity index (χ4n) is 2.48. The first-order chi connectivity index (χ1) is 12.6. The number of nitrogens with zero attached hydrogens (tertiary/aromatic N) is 1. The summed E-state index contributed by atoms with van der Waals surface area (Å²) in [5.74, 6) is 0.583. The van der Waals surface area contributed by atoms with Crippen molar-refractivity contribution in [1.29, 1.82) is 0 Å². The molecule has 0 atom stereocenters. The van der Waals surface area contributed by atoms with Crippen LogP contribution in [0.25, 0.3) is 11.3 Å². The molecule has 6 heteroatoms. The first-order valence-electron chi connectivity index (χ1n) is 8.06. The van der Waals surface area contributed by atoms with Gasteiger partial charge in [0.25, 0.3) is 0 Å². The van der Waals surface area contributed by atoms with Crippen molar-refractivity contribution in [2.45, 2.75) is 20.0 Å². The van der Waals surface area contributed by atoms with Crippen LogP contribution >= 0.6 is 0 Å². The zero-order valence-corrected chi connectivity index (χ0v) is 14.5. The van der Waals surface area contributed by atoms with Crippen molar-refractivity contribution in [2.75, 3.05) is 7.11 Å². The highest BCUT2D eigenvalue weighted by molar-refractivity contribution is 5.72. The molecule has 1 heterocycles. The Balaban J connectivity index is 1.60. The van der Waals surface area contributed by atoms with Crippen molar-refractivity contribution >= 4 is 5.97 Å². The van der Waals surface area contributed by atoms with Crippen LogP contribution in [0.4, 0.5) is 4.39 Å². The van der Waals surface area contributed by atoms with E-state index in [1.54, 1.807) is 31.4 Å². The lowest BCUT2D eigenvalue weighted by atomic mass is 10.1. The molecular weight excluding hydrogens is 337 g/mol. The maximum Gasteiger partial charge on any atom is 0.310 e. The molecule has 0 unspecified atom stereocenters. The van der Waals surface area contributed by atoms with Gasteiger partial charge in [-0.1, -0.05) is 17.3 Å². The summed E-state index contributed by atoms with van der Waals surface area (Å²) in [6.45, 7) is 1.84. The average Bonchev–Trinajstić information content (AvgIpc) is 3.02. The van der Waals surface area contributed by atoms with Crippen molar-refractivity contribution in [1.82, 2.24) is 5.16 Å². The molecule has 0 bridgehead atoms. The summed E-state index contributed by atoms with van der Waals surface area (Å²) >= 11 is 0. The Morgan fingerprint density at radius 3 is 2.46 bits per heavy atom. The summed E-state index contributed by atoms with van der Waals surface area (Å²) in [6.07, 6.45) is 0.158.